The molecule has 0 aliphatic rings. The van der Waals surface area contributed by atoms with Gasteiger partial charge in [0, 0.05) is 11.4 Å². The molecule has 0 atom stereocenters. The van der Waals surface area contributed by atoms with Gasteiger partial charge in [0.05, 0.1) is 12.1 Å². The van der Waals surface area contributed by atoms with Crippen LogP contribution < -0.4 is 11.3 Å². The van der Waals surface area contributed by atoms with Gasteiger partial charge in [-0.2, -0.15) is 0 Å². The van der Waals surface area contributed by atoms with Crippen LogP contribution in [0.5, 0.6) is 0 Å². The van der Waals surface area contributed by atoms with Gasteiger partial charge in [-0.3, -0.25) is 15.1 Å². The molecule has 3 N–H and O–H groups in total. The zero-order chi connectivity index (χ0) is 13.8. The highest BCUT2D eigenvalue weighted by Crippen LogP contribution is 2.17. The normalized spacial score (nSPS) is 10.9. The summed E-state index contributed by atoms with van der Waals surface area (Å²) in [6, 6.07) is 5.87. The molecule has 0 fully saturated rings. The van der Waals surface area contributed by atoms with Crippen LogP contribution in [0.4, 0.5) is 0 Å². The second-order valence-electron chi connectivity index (χ2n) is 4.41. The number of nitrogens with one attached hydrogen (secondary N) is 1. The summed E-state index contributed by atoms with van der Waals surface area (Å²) in [5.41, 5.74) is 2.60. The summed E-state index contributed by atoms with van der Waals surface area (Å²) in [7, 11) is 2.01. The molecule has 2 aromatic rings. The van der Waals surface area contributed by atoms with Gasteiger partial charge in [0.1, 0.15) is 11.5 Å². The number of nitrogens with zero attached hydrogens (tertiary/aromatic N) is 1. The molecule has 6 heteroatoms. The number of thiophene rings is 1. The highest BCUT2D eigenvalue weighted by molar-refractivity contribution is 7.09. The van der Waals surface area contributed by atoms with Crippen molar-refractivity contribution in [1.29, 1.82) is 0 Å². The van der Waals surface area contributed by atoms with Gasteiger partial charge in [0.25, 0.3) is 5.91 Å². The van der Waals surface area contributed by atoms with Crippen molar-refractivity contribution in [2.75, 3.05) is 7.05 Å². The van der Waals surface area contributed by atoms with E-state index < -0.39 is 0 Å². The number of hydrazine groups is 1. The molecule has 0 aliphatic heterocycles. The van der Waals surface area contributed by atoms with Crippen LogP contribution in [0.25, 0.3) is 0 Å². The summed E-state index contributed by atoms with van der Waals surface area (Å²) in [6.07, 6.45) is 0. The van der Waals surface area contributed by atoms with Gasteiger partial charge in [-0.1, -0.05) is 6.07 Å². The lowest BCUT2D eigenvalue weighted by Gasteiger charge is -2.13. The van der Waals surface area contributed by atoms with Gasteiger partial charge in [-0.05, 0) is 31.5 Å². The lowest BCUT2D eigenvalue weighted by atomic mass is 10.2. The highest BCUT2D eigenvalue weighted by Gasteiger charge is 2.15. The van der Waals surface area contributed by atoms with E-state index in [2.05, 4.69) is 21.8 Å². The van der Waals surface area contributed by atoms with Crippen LogP contribution in [0.1, 0.15) is 26.8 Å². The molecule has 2 aromatic heterocycles. The number of carbonyl (C=O) groups excluding carboxylic acids is 1. The molecule has 1 amide bonds. The van der Waals surface area contributed by atoms with E-state index in [0.717, 1.165) is 12.3 Å². The third-order valence-electron chi connectivity index (χ3n) is 2.78. The molecule has 0 radical (unpaired) electrons. The number of furan rings is 1. The molecule has 0 saturated carbocycles. The number of nitrogens with two attached hydrogens (primary N) is 1. The Morgan fingerprint density at radius 1 is 1.53 bits per heavy atom. The van der Waals surface area contributed by atoms with E-state index in [1.54, 1.807) is 24.3 Å². The Bertz CT molecular complexity index is 548. The van der Waals surface area contributed by atoms with Crippen molar-refractivity contribution in [2.24, 2.45) is 5.84 Å². The minimum Gasteiger partial charge on any atom is -0.464 e. The molecule has 2 rings (SSSR count). The fourth-order valence-corrected chi connectivity index (χ4v) is 2.70. The Hall–Kier alpha value is -1.63. The van der Waals surface area contributed by atoms with Crippen molar-refractivity contribution in [3.63, 3.8) is 0 Å². The molecule has 5 nitrogen and oxygen atoms in total. The third kappa shape index (κ3) is 3.44. The number of carbonyl (C=O) groups is 1. The van der Waals surface area contributed by atoms with Gasteiger partial charge in [-0.15, -0.1) is 11.3 Å². The average Bonchev–Trinajstić information content (AvgIpc) is 2.98. The average molecular weight is 279 g/mol. The van der Waals surface area contributed by atoms with Gasteiger partial charge in [0.2, 0.25) is 0 Å². The van der Waals surface area contributed by atoms with E-state index in [1.165, 1.54) is 4.88 Å². The van der Waals surface area contributed by atoms with Crippen LogP contribution in [0.2, 0.25) is 0 Å². The number of hydrogen-bond donors (Lipinski definition) is 2. The summed E-state index contributed by atoms with van der Waals surface area (Å²) >= 11 is 1.73. The lowest BCUT2D eigenvalue weighted by molar-refractivity contribution is 0.0952. The van der Waals surface area contributed by atoms with Crippen LogP contribution in [0, 0.1) is 6.92 Å². The molecule has 102 valence electrons. The van der Waals surface area contributed by atoms with Gasteiger partial charge in [0.15, 0.2) is 0 Å². The first-order valence-electron chi connectivity index (χ1n) is 5.91. The Labute approximate surface area is 116 Å². The SMILES string of the molecule is Cc1oc(CN(C)Cc2cccs2)cc1C(=O)NN. The predicted octanol–water partition coefficient (Wildman–Crippen LogP) is 1.89. The molecule has 0 bridgehead atoms. The number of rotatable bonds is 5. The first-order valence-corrected chi connectivity index (χ1v) is 6.79. The molecule has 0 saturated heterocycles. The molecule has 0 aromatic carbocycles. The maximum absolute atomic E-state index is 11.5. The molecule has 0 aliphatic carbocycles. The standard InChI is InChI=1S/C13H17N3O2S/c1-9-12(13(17)15-14)6-10(18-9)7-16(2)8-11-4-3-5-19-11/h3-6H,7-8,14H2,1-2H3,(H,15,17). The molecule has 19 heavy (non-hydrogen) atoms. The Balaban J connectivity index is 2.01. The fourth-order valence-electron chi connectivity index (χ4n) is 1.92. The second kappa shape index (κ2) is 6.01. The number of amides is 1. The maximum Gasteiger partial charge on any atom is 0.268 e. The monoisotopic (exact) mass is 279 g/mol. The van der Waals surface area contributed by atoms with E-state index >= 15 is 0 Å². The van der Waals surface area contributed by atoms with Crippen LogP contribution in [-0.2, 0) is 13.1 Å². The molecular formula is C13H17N3O2S. The summed E-state index contributed by atoms with van der Waals surface area (Å²) in [4.78, 5) is 14.9. The van der Waals surface area contributed by atoms with Crippen LogP contribution in [0.15, 0.2) is 28.0 Å². The first kappa shape index (κ1) is 13.8. The number of hydrogen-bond acceptors (Lipinski definition) is 5. The Morgan fingerprint density at radius 2 is 2.32 bits per heavy atom. The van der Waals surface area contributed by atoms with E-state index in [-0.39, 0.29) is 5.91 Å². The van der Waals surface area contributed by atoms with Crippen molar-refractivity contribution >= 4 is 17.2 Å². The summed E-state index contributed by atoms with van der Waals surface area (Å²) < 4.78 is 5.57. The molecule has 0 spiro atoms. The number of aryl methyl sites for hydroxylation is 1. The van der Waals surface area contributed by atoms with E-state index in [9.17, 15) is 4.79 Å². The summed E-state index contributed by atoms with van der Waals surface area (Å²) in [5.74, 6) is 6.14. The molecule has 0 unspecified atom stereocenters. The maximum atomic E-state index is 11.5. The smallest absolute Gasteiger partial charge is 0.268 e. The van der Waals surface area contributed by atoms with Crippen molar-refractivity contribution in [2.45, 2.75) is 20.0 Å². The van der Waals surface area contributed by atoms with Crippen LogP contribution in [0.3, 0.4) is 0 Å². The lowest BCUT2D eigenvalue weighted by Crippen LogP contribution is -2.30. The van der Waals surface area contributed by atoms with Crippen molar-refractivity contribution in [3.05, 3.63) is 45.5 Å². The molecule has 2 heterocycles. The summed E-state index contributed by atoms with van der Waals surface area (Å²) in [6.45, 7) is 3.26. The van der Waals surface area contributed by atoms with Gasteiger partial charge < -0.3 is 4.42 Å². The van der Waals surface area contributed by atoms with Crippen molar-refractivity contribution in [1.82, 2.24) is 10.3 Å². The van der Waals surface area contributed by atoms with E-state index in [4.69, 9.17) is 10.3 Å². The third-order valence-corrected chi connectivity index (χ3v) is 3.64. The minimum atomic E-state index is -0.326. The topological polar surface area (TPSA) is 71.5 Å². The second-order valence-corrected chi connectivity index (χ2v) is 5.44. The zero-order valence-electron chi connectivity index (χ0n) is 11.0. The quantitative estimate of drug-likeness (QED) is 0.498. The van der Waals surface area contributed by atoms with Crippen molar-refractivity contribution in [3.8, 4) is 0 Å². The first-order chi connectivity index (χ1) is 9.10. The van der Waals surface area contributed by atoms with Crippen LogP contribution in [-0.4, -0.2) is 17.9 Å². The highest BCUT2D eigenvalue weighted by atomic mass is 32.1. The van der Waals surface area contributed by atoms with Gasteiger partial charge >= 0.3 is 0 Å². The largest absolute Gasteiger partial charge is 0.464 e. The minimum absolute atomic E-state index is 0.326. The summed E-state index contributed by atoms with van der Waals surface area (Å²) in [5, 5.41) is 2.06. The van der Waals surface area contributed by atoms with E-state index in [0.29, 0.717) is 17.9 Å². The fraction of sp³-hybridized carbons (Fsp3) is 0.308. The van der Waals surface area contributed by atoms with E-state index in [1.807, 2.05) is 13.1 Å². The zero-order valence-corrected chi connectivity index (χ0v) is 11.8. The van der Waals surface area contributed by atoms with Crippen molar-refractivity contribution < 1.29 is 9.21 Å². The molecular weight excluding hydrogens is 262 g/mol. The Kier molecular flexibility index (Phi) is 4.36. The number of nitrogen functional groups attached to an aromatic ring is 1. The Morgan fingerprint density at radius 3 is 2.95 bits per heavy atom. The van der Waals surface area contributed by atoms with Gasteiger partial charge in [-0.25, -0.2) is 5.84 Å². The predicted molar refractivity (Wildman–Crippen MR) is 74.6 cm³/mol. The van der Waals surface area contributed by atoms with Crippen LogP contribution >= 0.6 is 11.3 Å².